The first-order chi connectivity index (χ1) is 18.8. The number of benzene rings is 1. The van der Waals surface area contributed by atoms with Crippen molar-refractivity contribution in [3.63, 3.8) is 0 Å². The first-order valence-electron chi connectivity index (χ1n) is 13.4. The fraction of sp³-hybridized carbons (Fsp3) is 0.467. The summed E-state index contributed by atoms with van der Waals surface area (Å²) in [4.78, 5) is 21.0. The number of nitrogens with one attached hydrogen (secondary N) is 2. The molecule has 0 aromatic heterocycles. The van der Waals surface area contributed by atoms with E-state index < -0.39 is 17.9 Å². The van der Waals surface area contributed by atoms with Crippen LogP contribution in [0.25, 0.3) is 0 Å². The molecule has 2 aliphatic heterocycles. The van der Waals surface area contributed by atoms with Gasteiger partial charge in [0.1, 0.15) is 23.8 Å². The van der Waals surface area contributed by atoms with Crippen LogP contribution in [0.4, 0.5) is 17.6 Å². The highest BCUT2D eigenvalue weighted by molar-refractivity contribution is 6.29. The van der Waals surface area contributed by atoms with E-state index in [0.29, 0.717) is 30.2 Å². The van der Waals surface area contributed by atoms with Crippen molar-refractivity contribution in [3.8, 4) is 0 Å². The molecule has 1 unspecified atom stereocenters. The minimum absolute atomic E-state index is 0.193. The molecule has 0 radical (unpaired) electrons. The Labute approximate surface area is 234 Å². The number of rotatable bonds is 7. The summed E-state index contributed by atoms with van der Waals surface area (Å²) in [5.74, 6) is -0.610. The van der Waals surface area contributed by atoms with Gasteiger partial charge in [0.05, 0.1) is 11.5 Å². The molecule has 6 nitrogen and oxygen atoms in total. The number of piperidine rings is 1. The van der Waals surface area contributed by atoms with Gasteiger partial charge in [0.2, 0.25) is 0 Å². The maximum atomic E-state index is 14.2. The molecule has 0 amide bonds. The van der Waals surface area contributed by atoms with Crippen LogP contribution in [-0.2, 0) is 4.79 Å². The fourth-order valence-electron chi connectivity index (χ4n) is 4.20. The second-order valence-corrected chi connectivity index (χ2v) is 10.0. The van der Waals surface area contributed by atoms with E-state index in [1.165, 1.54) is 19.1 Å². The van der Waals surface area contributed by atoms with Crippen LogP contribution in [0, 0.1) is 30.0 Å². The first kappa shape index (κ1) is 32.7. The number of hydrogen-bond donors (Lipinski definition) is 2. The lowest BCUT2D eigenvalue weighted by atomic mass is 9.94. The Morgan fingerprint density at radius 1 is 1.25 bits per heavy atom. The van der Waals surface area contributed by atoms with Crippen LogP contribution in [0.2, 0.25) is 0 Å². The molecule has 0 bridgehead atoms. The summed E-state index contributed by atoms with van der Waals surface area (Å²) in [5, 5.41) is 10.3. The predicted octanol–water partition coefficient (Wildman–Crippen LogP) is 7.12. The molecule has 2 heterocycles. The van der Waals surface area contributed by atoms with E-state index in [9.17, 15) is 22.4 Å². The molecule has 40 heavy (non-hydrogen) atoms. The number of carbonyl (C=O) groups is 1. The van der Waals surface area contributed by atoms with Crippen molar-refractivity contribution >= 4 is 24.0 Å². The minimum Gasteiger partial charge on any atom is -0.357 e. The van der Waals surface area contributed by atoms with E-state index >= 15 is 0 Å². The highest BCUT2D eigenvalue weighted by Crippen LogP contribution is 2.32. The Bertz CT molecular complexity index is 1180. The van der Waals surface area contributed by atoms with Gasteiger partial charge in [-0.2, -0.15) is 13.2 Å². The number of allylic oxidation sites excluding steroid dienone is 4. The van der Waals surface area contributed by atoms with E-state index in [0.717, 1.165) is 49.7 Å². The highest BCUT2D eigenvalue weighted by Gasteiger charge is 2.37. The van der Waals surface area contributed by atoms with Gasteiger partial charge in [-0.15, -0.1) is 0 Å². The van der Waals surface area contributed by atoms with E-state index in [4.69, 9.17) is 5.41 Å². The Kier molecular flexibility index (Phi) is 12.5. The largest absolute Gasteiger partial charge is 0.395 e. The lowest BCUT2D eigenvalue weighted by molar-refractivity contribution is -0.160. The molecule has 0 spiro atoms. The lowest BCUT2D eigenvalue weighted by Crippen LogP contribution is -2.32. The van der Waals surface area contributed by atoms with Crippen molar-refractivity contribution in [1.29, 1.82) is 5.41 Å². The van der Waals surface area contributed by atoms with Gasteiger partial charge in [-0.3, -0.25) is 0 Å². The predicted molar refractivity (Wildman–Crippen MR) is 153 cm³/mol. The standard InChI is InChI=1S/C17H18F4N2.C13H21N3O/c1-10-4-7-14(15(18)8-10)16-22-11(2)5-6-13(17(19,20)21)9-12(3)23-16;1-3-13(14)10-15-11(2)16-7-4-12(5-8-16)6-9-17/h4-5,7-9,13H,6H2,1-3H3,(H,22,23);9-10,12,14H,2-8H2,1H3/b11-5+,12-9+;14-13?,15-10-. The highest BCUT2D eigenvalue weighted by atomic mass is 19.4. The van der Waals surface area contributed by atoms with E-state index in [2.05, 4.69) is 26.8 Å². The third kappa shape index (κ3) is 10.5. The average molecular weight is 562 g/mol. The SMILES string of the molecule is C/C1=C\CC(C(F)(F)F)/C=C(\C)NC(c2ccc(C)cc2F)=N1.C=C(/N=C\C(=N)CC)N1CCC(CC=O)CC1. The molecule has 1 fully saturated rings. The zero-order valence-corrected chi connectivity index (χ0v) is 23.6. The van der Waals surface area contributed by atoms with Gasteiger partial charge < -0.3 is 20.4 Å². The Balaban J connectivity index is 0.000000294. The lowest BCUT2D eigenvalue weighted by Gasteiger charge is -2.32. The molecule has 0 saturated carbocycles. The van der Waals surface area contributed by atoms with Crippen molar-refractivity contribution < 1.29 is 22.4 Å². The molecule has 1 aromatic carbocycles. The number of halogens is 4. The number of likely N-dealkylation sites (tertiary alicyclic amines) is 1. The number of nitrogens with zero attached hydrogens (tertiary/aromatic N) is 3. The Hall–Kier alpha value is -3.56. The van der Waals surface area contributed by atoms with Crippen LogP contribution in [0.15, 0.2) is 64.1 Å². The van der Waals surface area contributed by atoms with Crippen LogP contribution >= 0.6 is 0 Å². The summed E-state index contributed by atoms with van der Waals surface area (Å²) in [7, 11) is 0. The fourth-order valence-corrected chi connectivity index (χ4v) is 4.20. The summed E-state index contributed by atoms with van der Waals surface area (Å²) in [5.41, 5.74) is 2.19. The smallest absolute Gasteiger partial charge is 0.357 e. The Morgan fingerprint density at radius 3 is 2.50 bits per heavy atom. The monoisotopic (exact) mass is 561 g/mol. The molecule has 0 aliphatic carbocycles. The molecule has 1 saturated heterocycles. The maximum absolute atomic E-state index is 14.2. The molecule has 218 valence electrons. The molecule has 2 N–H and O–H groups in total. The van der Waals surface area contributed by atoms with Crippen molar-refractivity contribution in [2.75, 3.05) is 13.1 Å². The summed E-state index contributed by atoms with van der Waals surface area (Å²) in [6.45, 7) is 12.5. The van der Waals surface area contributed by atoms with Gasteiger partial charge in [-0.1, -0.05) is 31.7 Å². The summed E-state index contributed by atoms with van der Waals surface area (Å²) in [6.07, 6.45) is 3.99. The van der Waals surface area contributed by atoms with Gasteiger partial charge in [0, 0.05) is 42.8 Å². The topological polar surface area (TPSA) is 80.9 Å². The van der Waals surface area contributed by atoms with Crippen molar-refractivity contribution in [1.82, 2.24) is 10.2 Å². The van der Waals surface area contributed by atoms with Crippen LogP contribution in [0.1, 0.15) is 64.0 Å². The third-order valence-electron chi connectivity index (χ3n) is 6.68. The summed E-state index contributed by atoms with van der Waals surface area (Å²) < 4.78 is 53.2. The van der Waals surface area contributed by atoms with Crippen molar-refractivity contribution in [2.24, 2.45) is 21.8 Å². The molecular formula is C30H39F4N5O. The Morgan fingerprint density at radius 2 is 1.93 bits per heavy atom. The molecule has 3 rings (SSSR count). The average Bonchev–Trinajstić information content (AvgIpc) is 2.96. The number of amidine groups is 1. The van der Waals surface area contributed by atoms with Crippen LogP contribution in [0.3, 0.4) is 0 Å². The van der Waals surface area contributed by atoms with Crippen LogP contribution in [0.5, 0.6) is 0 Å². The number of aldehydes is 1. The molecular weight excluding hydrogens is 522 g/mol. The number of hydrogen-bond acceptors (Lipinski definition) is 6. The number of alkyl halides is 3. The molecule has 1 atom stereocenters. The third-order valence-corrected chi connectivity index (χ3v) is 6.68. The zero-order valence-electron chi connectivity index (χ0n) is 23.6. The van der Waals surface area contributed by atoms with Gasteiger partial charge in [-0.05, 0) is 70.1 Å². The van der Waals surface area contributed by atoms with Gasteiger partial charge >= 0.3 is 6.18 Å². The van der Waals surface area contributed by atoms with Crippen molar-refractivity contribution in [3.05, 3.63) is 71.1 Å². The van der Waals surface area contributed by atoms with Gasteiger partial charge in [0.15, 0.2) is 0 Å². The summed E-state index contributed by atoms with van der Waals surface area (Å²) >= 11 is 0. The normalized spacial score (nSPS) is 21.2. The van der Waals surface area contributed by atoms with E-state index in [-0.39, 0.29) is 23.5 Å². The minimum atomic E-state index is -4.33. The van der Waals surface area contributed by atoms with Crippen molar-refractivity contribution in [2.45, 2.75) is 66.0 Å². The second kappa shape index (κ2) is 15.3. The first-order valence-corrected chi connectivity index (χ1v) is 13.4. The molecule has 2 aliphatic rings. The van der Waals surface area contributed by atoms with Gasteiger partial charge in [0.25, 0.3) is 0 Å². The maximum Gasteiger partial charge on any atom is 0.395 e. The molecule has 10 heteroatoms. The van der Waals surface area contributed by atoms with E-state index in [1.54, 1.807) is 32.2 Å². The zero-order chi connectivity index (χ0) is 29.9. The second-order valence-electron chi connectivity index (χ2n) is 10.0. The summed E-state index contributed by atoms with van der Waals surface area (Å²) in [6, 6.07) is 4.66. The van der Waals surface area contributed by atoms with E-state index in [1.807, 2.05) is 6.92 Å². The van der Waals surface area contributed by atoms with Gasteiger partial charge in [-0.25, -0.2) is 14.4 Å². The number of aryl methyl sites for hydroxylation is 1. The molecule has 1 aromatic rings. The number of aliphatic imine (C=N–C) groups is 2. The van der Waals surface area contributed by atoms with Crippen LogP contribution < -0.4 is 5.32 Å². The van der Waals surface area contributed by atoms with Crippen LogP contribution in [-0.4, -0.2) is 48.2 Å². The quantitative estimate of drug-likeness (QED) is 0.211. The number of carbonyl (C=O) groups excluding carboxylic acids is 1.